The number of aryl methyl sites for hydroxylation is 3. The SMILES string of the molecule is CCCCC#CCCCCO.COCS.COCSCCO.COc1cc(OC)c(CS)c(OC)c1.COc1ccc(CS)cc1.Cc1cc(C)c(CS)c(C)c1.O=[N+]([O-])c1ccc(SCCO)c([N+](=O)[O-])c1.SCc1ccc2ccccc2n1. The standard InChI is InChI=1S/C10H9NS.C10H14O3S.C10H18O.C10H14S.C8H8N2O5S.C8H10OS.C4H10O2S.C2H6OS/c12-7-9-6-5-8-3-1-2-4-10(8)11-9;1-11-7-4-9(12-2)8(6-14)10(5-7)13-3;1-2-3-4-5-6-7-8-9-10-11;1-7-4-8(2)10(6-11)9(3)5-7;11-3-4-16-8-2-1-6(9(12)13)5-7(8)10(14)15;1-9-8-4-2-7(6-10)3-5-8;1-6-4-7-3-2-5;1-3-2-4/h1-6,12H,7H2;4-5,14H,6H2,1-3H3;11H,2-4,7-10H2,1H3;4-5,11H,6H2,1-3H3;1-2,5,11H,3-4H2;2-5,10H,6H2,1H3;5H,2-4H2,1H3;4H,2H2,1H3. The minimum Gasteiger partial charge on any atom is -0.497 e. The Morgan fingerprint density at radius 2 is 1.16 bits per heavy atom. The molecule has 0 radical (unpaired) electrons. The normalized spacial score (nSPS) is 9.67. The van der Waals surface area contributed by atoms with Gasteiger partial charge in [0.2, 0.25) is 0 Å². The molecule has 472 valence electrons. The van der Waals surface area contributed by atoms with Crippen LogP contribution in [0.2, 0.25) is 0 Å². The number of benzene rings is 5. The molecule has 0 amide bonds. The van der Waals surface area contributed by atoms with Crippen LogP contribution >= 0.6 is 86.7 Å². The molecule has 16 nitrogen and oxygen atoms in total. The monoisotopic (exact) mass is 1310 g/mol. The number of hydrogen-bond acceptors (Lipinski definition) is 21. The Morgan fingerprint density at radius 1 is 0.588 bits per heavy atom. The number of thiol groups is 5. The molecule has 0 spiro atoms. The summed E-state index contributed by atoms with van der Waals surface area (Å²) in [4.78, 5) is 24.5. The number of non-ortho nitro benzene ring substituents is 1. The molecule has 0 saturated carbocycles. The van der Waals surface area contributed by atoms with Gasteiger partial charge in [0.15, 0.2) is 0 Å². The number of nitro benzene ring substituents is 2. The van der Waals surface area contributed by atoms with Crippen LogP contribution in [0.15, 0.2) is 108 Å². The van der Waals surface area contributed by atoms with Gasteiger partial charge in [-0.25, -0.2) is 0 Å². The molecule has 6 rings (SSSR count). The number of nitro groups is 2. The van der Waals surface area contributed by atoms with E-state index in [0.29, 0.717) is 46.4 Å². The molecular formula is C62H89N3O13S7. The highest BCUT2D eigenvalue weighted by molar-refractivity contribution is 7.99. The van der Waals surface area contributed by atoms with Gasteiger partial charge in [0, 0.05) is 97.3 Å². The number of pyridine rings is 1. The predicted molar refractivity (Wildman–Crippen MR) is 370 cm³/mol. The Hall–Kier alpha value is -4.68. The molecule has 0 fully saturated rings. The maximum Gasteiger partial charge on any atom is 0.289 e. The first-order valence-corrected chi connectivity index (χ1v) is 32.1. The molecule has 0 unspecified atom stereocenters. The zero-order valence-corrected chi connectivity index (χ0v) is 56.8. The third kappa shape index (κ3) is 38.3. The molecule has 3 N–H and O–H groups in total. The molecule has 1 aromatic heterocycles. The van der Waals surface area contributed by atoms with Gasteiger partial charge in [-0.1, -0.05) is 67.4 Å². The summed E-state index contributed by atoms with van der Waals surface area (Å²) in [6, 6.07) is 31.5. The molecule has 0 bridgehead atoms. The first-order chi connectivity index (χ1) is 41.0. The summed E-state index contributed by atoms with van der Waals surface area (Å²) in [5.41, 5.74) is 9.01. The van der Waals surface area contributed by atoms with E-state index in [9.17, 15) is 20.2 Å². The van der Waals surface area contributed by atoms with E-state index in [0.717, 1.165) is 94.8 Å². The van der Waals surface area contributed by atoms with Gasteiger partial charge in [-0.05, 0) is 92.6 Å². The lowest BCUT2D eigenvalue weighted by Gasteiger charge is -2.13. The Kier molecular flexibility index (Phi) is 53.0. The maximum atomic E-state index is 10.7. The minimum absolute atomic E-state index is 0.112. The van der Waals surface area contributed by atoms with Crippen LogP contribution in [0.1, 0.15) is 84.5 Å². The highest BCUT2D eigenvalue weighted by Crippen LogP contribution is 2.35. The number of ether oxygens (including phenoxy) is 6. The molecule has 0 aliphatic rings. The lowest BCUT2D eigenvalue weighted by Crippen LogP contribution is -1.96. The minimum atomic E-state index is -0.687. The number of methoxy groups -OCH3 is 6. The maximum absolute atomic E-state index is 10.7. The third-order valence-electron chi connectivity index (χ3n) is 10.9. The van der Waals surface area contributed by atoms with Gasteiger partial charge in [-0.15, -0.1) is 35.4 Å². The zero-order chi connectivity index (χ0) is 64.2. The summed E-state index contributed by atoms with van der Waals surface area (Å²) in [7, 11) is 9.74. The molecular weight excluding hydrogens is 1220 g/mol. The van der Waals surface area contributed by atoms with Gasteiger partial charge in [-0.3, -0.25) is 25.2 Å². The van der Waals surface area contributed by atoms with Crippen LogP contribution in [0.25, 0.3) is 10.9 Å². The fraction of sp³-hybridized carbons (Fsp3) is 0.435. The van der Waals surface area contributed by atoms with Crippen LogP contribution in [0, 0.1) is 52.8 Å². The molecule has 0 aliphatic heterocycles. The van der Waals surface area contributed by atoms with E-state index in [1.54, 1.807) is 54.4 Å². The molecule has 23 heteroatoms. The highest BCUT2D eigenvalue weighted by atomic mass is 32.2. The molecule has 6 aromatic rings. The second-order valence-corrected chi connectivity index (χ2v) is 20.9. The van der Waals surface area contributed by atoms with E-state index in [4.69, 9.17) is 39.0 Å². The third-order valence-corrected chi connectivity index (χ3v) is 14.4. The summed E-state index contributed by atoms with van der Waals surface area (Å²) in [6.07, 6.45) is 6.36. The lowest BCUT2D eigenvalue weighted by molar-refractivity contribution is -0.396. The first-order valence-electron chi connectivity index (χ1n) is 26.8. The van der Waals surface area contributed by atoms with Crippen molar-refractivity contribution in [2.45, 2.75) is 94.1 Å². The van der Waals surface area contributed by atoms with Gasteiger partial charge in [0.25, 0.3) is 11.4 Å². The number of fused-ring (bicyclic) bond motifs is 1. The average Bonchev–Trinajstić information content (AvgIpc) is 3.73. The van der Waals surface area contributed by atoms with Crippen LogP contribution in [-0.4, -0.2) is 116 Å². The van der Waals surface area contributed by atoms with Crippen molar-refractivity contribution in [3.05, 3.63) is 162 Å². The van der Waals surface area contributed by atoms with Gasteiger partial charge in [-0.2, -0.15) is 63.1 Å². The van der Waals surface area contributed by atoms with Gasteiger partial charge in [0.05, 0.1) is 85.5 Å². The summed E-state index contributed by atoms with van der Waals surface area (Å²) in [5.74, 6) is 14.4. The van der Waals surface area contributed by atoms with Gasteiger partial charge >= 0.3 is 0 Å². The van der Waals surface area contributed by atoms with Crippen LogP contribution in [0.3, 0.4) is 0 Å². The second kappa shape index (κ2) is 54.7. The summed E-state index contributed by atoms with van der Waals surface area (Å²) in [6.45, 7) is 9.02. The first kappa shape index (κ1) is 82.4. The van der Waals surface area contributed by atoms with Crippen molar-refractivity contribution >= 4 is 109 Å². The van der Waals surface area contributed by atoms with Gasteiger partial charge in [0.1, 0.15) is 23.0 Å². The smallest absolute Gasteiger partial charge is 0.289 e. The molecule has 85 heavy (non-hydrogen) atoms. The van der Waals surface area contributed by atoms with E-state index in [1.807, 2.05) is 60.7 Å². The summed E-state index contributed by atoms with van der Waals surface area (Å²) < 4.78 is 29.6. The van der Waals surface area contributed by atoms with Crippen molar-refractivity contribution < 1.29 is 53.6 Å². The van der Waals surface area contributed by atoms with Crippen molar-refractivity contribution in [3.8, 4) is 34.8 Å². The number of unbranched alkanes of at least 4 members (excludes halogenated alkanes) is 4. The van der Waals surface area contributed by atoms with Crippen molar-refractivity contribution in [1.29, 1.82) is 0 Å². The van der Waals surface area contributed by atoms with E-state index >= 15 is 0 Å². The van der Waals surface area contributed by atoms with E-state index in [1.165, 1.54) is 58.2 Å². The summed E-state index contributed by atoms with van der Waals surface area (Å²) in [5, 5.41) is 47.6. The fourth-order valence-corrected chi connectivity index (χ4v) is 9.00. The van der Waals surface area contributed by atoms with Crippen molar-refractivity contribution in [1.82, 2.24) is 4.98 Å². The Bertz CT molecular complexity index is 2700. The van der Waals surface area contributed by atoms with Crippen molar-refractivity contribution in [2.24, 2.45) is 0 Å². The van der Waals surface area contributed by atoms with Crippen molar-refractivity contribution in [3.63, 3.8) is 0 Å². The highest BCUT2D eigenvalue weighted by Gasteiger charge is 2.19. The zero-order valence-electron chi connectivity index (χ0n) is 50.7. The average molecular weight is 1310 g/mol. The largest absolute Gasteiger partial charge is 0.497 e. The number of aliphatic hydroxyl groups excluding tert-OH is 3. The van der Waals surface area contributed by atoms with Crippen LogP contribution in [0.4, 0.5) is 11.4 Å². The number of aliphatic hydroxyl groups is 3. The van der Waals surface area contributed by atoms with Crippen LogP contribution in [-0.2, 0) is 32.5 Å². The molecule has 5 aromatic carbocycles. The van der Waals surface area contributed by atoms with Crippen LogP contribution < -0.4 is 18.9 Å². The van der Waals surface area contributed by atoms with Gasteiger partial charge < -0.3 is 43.7 Å². The predicted octanol–water partition coefficient (Wildman–Crippen LogP) is 14.7. The lowest BCUT2D eigenvalue weighted by atomic mass is 10.0. The molecule has 0 saturated heterocycles. The fourth-order valence-electron chi connectivity index (χ4n) is 6.63. The second-order valence-electron chi connectivity index (χ2n) is 17.2. The summed E-state index contributed by atoms with van der Waals surface area (Å²) >= 11 is 23.2. The number of hydrogen-bond donors (Lipinski definition) is 8. The Balaban J connectivity index is 0. The number of para-hydroxylation sites is 1. The topological polar surface area (TPSA) is 215 Å². The number of nitrogens with zero attached hydrogens (tertiary/aromatic N) is 3. The Labute approximate surface area is 541 Å². The van der Waals surface area contributed by atoms with Crippen LogP contribution in [0.5, 0.6) is 23.0 Å². The molecule has 1 heterocycles. The molecule has 0 atom stereocenters. The number of rotatable bonds is 23. The van der Waals surface area contributed by atoms with E-state index in [2.05, 4.69) is 137 Å². The van der Waals surface area contributed by atoms with E-state index < -0.39 is 9.85 Å². The quantitative estimate of drug-likeness (QED) is 0.00569. The van der Waals surface area contributed by atoms with Crippen molar-refractivity contribution in [2.75, 3.05) is 85.9 Å². The molecule has 0 aliphatic carbocycles. The number of aromatic nitrogens is 1. The van der Waals surface area contributed by atoms with E-state index in [-0.39, 0.29) is 24.6 Å². The Morgan fingerprint density at radius 3 is 1.62 bits per heavy atom. The number of thioether (sulfide) groups is 2.